The predicted octanol–water partition coefficient (Wildman–Crippen LogP) is 3.17. The number of alkyl halides is 3. The van der Waals surface area contributed by atoms with Crippen molar-refractivity contribution < 1.29 is 13.2 Å². The third-order valence-corrected chi connectivity index (χ3v) is 3.20. The van der Waals surface area contributed by atoms with Crippen molar-refractivity contribution in [1.82, 2.24) is 9.78 Å². The number of aromatic nitrogens is 2. The normalized spacial score (nSPS) is 13.4. The molecular formula is C11H15BrF3N3O. The summed E-state index contributed by atoms with van der Waals surface area (Å²) in [6, 6.07) is 0.112. The lowest BCUT2D eigenvalue weighted by molar-refractivity contribution is -0.143. The summed E-state index contributed by atoms with van der Waals surface area (Å²) < 4.78 is 37.2. The molecule has 108 valence electrons. The molecule has 0 aliphatic carbocycles. The van der Waals surface area contributed by atoms with E-state index in [0.717, 1.165) is 12.8 Å². The molecule has 0 aromatic carbocycles. The van der Waals surface area contributed by atoms with Crippen LogP contribution in [0.5, 0.6) is 0 Å². The largest absolute Gasteiger partial charge is 0.408 e. The van der Waals surface area contributed by atoms with E-state index >= 15 is 0 Å². The summed E-state index contributed by atoms with van der Waals surface area (Å²) in [5.41, 5.74) is -0.393. The Labute approximate surface area is 117 Å². The van der Waals surface area contributed by atoms with Crippen LogP contribution in [0.25, 0.3) is 0 Å². The third kappa shape index (κ3) is 4.85. The number of nitrogens with zero attached hydrogens (tertiary/aromatic N) is 2. The molecule has 0 saturated heterocycles. The van der Waals surface area contributed by atoms with Crippen LogP contribution >= 0.6 is 15.9 Å². The molecule has 0 saturated carbocycles. The van der Waals surface area contributed by atoms with Gasteiger partial charge in [0.15, 0.2) is 0 Å². The molecule has 0 aliphatic rings. The Morgan fingerprint density at radius 2 is 2.16 bits per heavy atom. The van der Waals surface area contributed by atoms with E-state index in [9.17, 15) is 18.0 Å². The zero-order valence-corrected chi connectivity index (χ0v) is 12.2. The Morgan fingerprint density at radius 3 is 2.68 bits per heavy atom. The molecule has 1 atom stereocenters. The van der Waals surface area contributed by atoms with Crippen molar-refractivity contribution in [2.75, 3.05) is 5.32 Å². The molecular weight excluding hydrogens is 327 g/mol. The molecule has 1 N–H and O–H groups in total. The fraction of sp³-hybridized carbons (Fsp3) is 0.636. The Morgan fingerprint density at radius 1 is 1.53 bits per heavy atom. The van der Waals surface area contributed by atoms with Gasteiger partial charge >= 0.3 is 6.18 Å². The van der Waals surface area contributed by atoms with Crippen molar-refractivity contribution in [2.45, 2.75) is 45.5 Å². The van der Waals surface area contributed by atoms with Crippen LogP contribution in [0, 0.1) is 0 Å². The zero-order valence-electron chi connectivity index (χ0n) is 10.6. The molecule has 4 nitrogen and oxygen atoms in total. The monoisotopic (exact) mass is 341 g/mol. The molecule has 1 rings (SSSR count). The maximum atomic E-state index is 12.2. The number of anilines is 1. The van der Waals surface area contributed by atoms with E-state index < -0.39 is 18.3 Å². The first-order valence-electron chi connectivity index (χ1n) is 5.83. The first kappa shape index (κ1) is 16.0. The van der Waals surface area contributed by atoms with Gasteiger partial charge in [-0.1, -0.05) is 13.3 Å². The first-order chi connectivity index (χ1) is 8.74. The highest BCUT2D eigenvalue weighted by molar-refractivity contribution is 9.10. The summed E-state index contributed by atoms with van der Waals surface area (Å²) in [7, 11) is 0. The van der Waals surface area contributed by atoms with Gasteiger partial charge in [-0.05, 0) is 29.3 Å². The van der Waals surface area contributed by atoms with E-state index in [1.165, 1.54) is 6.20 Å². The summed E-state index contributed by atoms with van der Waals surface area (Å²) in [5.74, 6) is 0. The van der Waals surface area contributed by atoms with Crippen molar-refractivity contribution >= 4 is 21.6 Å². The second-order valence-corrected chi connectivity index (χ2v) is 5.08. The second kappa shape index (κ2) is 6.40. The molecule has 1 aromatic heterocycles. The van der Waals surface area contributed by atoms with E-state index in [-0.39, 0.29) is 10.5 Å². The van der Waals surface area contributed by atoms with Crippen LogP contribution in [0.3, 0.4) is 0 Å². The highest BCUT2D eigenvalue weighted by atomic mass is 79.9. The van der Waals surface area contributed by atoms with Crippen LogP contribution in [0.2, 0.25) is 0 Å². The molecule has 0 bridgehead atoms. The Balaban J connectivity index is 2.95. The molecule has 0 spiro atoms. The minimum atomic E-state index is -4.47. The van der Waals surface area contributed by atoms with Crippen LogP contribution in [0.1, 0.15) is 26.7 Å². The fourth-order valence-corrected chi connectivity index (χ4v) is 2.04. The van der Waals surface area contributed by atoms with Crippen molar-refractivity contribution in [3.05, 3.63) is 21.0 Å². The Kier molecular flexibility index (Phi) is 5.39. The molecule has 1 aromatic rings. The van der Waals surface area contributed by atoms with Gasteiger partial charge in [0.2, 0.25) is 0 Å². The van der Waals surface area contributed by atoms with Crippen LogP contribution in [-0.2, 0) is 6.54 Å². The van der Waals surface area contributed by atoms with Gasteiger partial charge in [0.25, 0.3) is 5.56 Å². The van der Waals surface area contributed by atoms with E-state index in [4.69, 9.17) is 0 Å². The molecule has 0 aliphatic heterocycles. The van der Waals surface area contributed by atoms with Crippen molar-refractivity contribution in [3.63, 3.8) is 0 Å². The minimum absolute atomic E-state index is 0.0645. The van der Waals surface area contributed by atoms with Crippen LogP contribution in [0.15, 0.2) is 15.5 Å². The molecule has 19 heavy (non-hydrogen) atoms. The van der Waals surface area contributed by atoms with Crippen LogP contribution in [0.4, 0.5) is 18.9 Å². The predicted molar refractivity (Wildman–Crippen MR) is 70.2 cm³/mol. The standard InChI is InChI=1S/C11H15BrF3N3O/c1-3-4-7(2)17-8-5-16-18(6-11(13,14)15)10(19)9(8)12/h5,7,17H,3-4,6H2,1-2H3. The van der Waals surface area contributed by atoms with E-state index in [1.807, 2.05) is 13.8 Å². The van der Waals surface area contributed by atoms with Gasteiger partial charge in [-0.15, -0.1) is 0 Å². The van der Waals surface area contributed by atoms with Gasteiger partial charge in [-0.3, -0.25) is 4.79 Å². The number of hydrogen-bond donors (Lipinski definition) is 1. The van der Waals surface area contributed by atoms with E-state index in [0.29, 0.717) is 10.4 Å². The quantitative estimate of drug-likeness (QED) is 0.894. The smallest absolute Gasteiger partial charge is 0.380 e. The highest BCUT2D eigenvalue weighted by Gasteiger charge is 2.29. The van der Waals surface area contributed by atoms with Crippen LogP contribution < -0.4 is 10.9 Å². The van der Waals surface area contributed by atoms with Gasteiger partial charge in [-0.2, -0.15) is 18.3 Å². The molecule has 1 heterocycles. The van der Waals surface area contributed by atoms with Crippen molar-refractivity contribution in [1.29, 1.82) is 0 Å². The second-order valence-electron chi connectivity index (χ2n) is 4.28. The van der Waals surface area contributed by atoms with Gasteiger partial charge in [0.1, 0.15) is 11.0 Å². The van der Waals surface area contributed by atoms with Gasteiger partial charge in [0, 0.05) is 6.04 Å². The fourth-order valence-electron chi connectivity index (χ4n) is 1.62. The SMILES string of the molecule is CCCC(C)Nc1cnn(CC(F)(F)F)c(=O)c1Br. The zero-order chi connectivity index (χ0) is 14.6. The van der Waals surface area contributed by atoms with E-state index in [1.54, 1.807) is 0 Å². The van der Waals surface area contributed by atoms with Gasteiger partial charge in [-0.25, -0.2) is 4.68 Å². The summed E-state index contributed by atoms with van der Waals surface area (Å²) in [4.78, 5) is 11.7. The average Bonchev–Trinajstić information content (AvgIpc) is 2.28. The van der Waals surface area contributed by atoms with Crippen molar-refractivity contribution in [2.24, 2.45) is 0 Å². The minimum Gasteiger partial charge on any atom is -0.380 e. The summed E-state index contributed by atoms with van der Waals surface area (Å²) in [6.07, 6.45) is -1.40. The Bertz CT molecular complexity index is 487. The van der Waals surface area contributed by atoms with Gasteiger partial charge in [0.05, 0.1) is 11.9 Å². The lowest BCUT2D eigenvalue weighted by Gasteiger charge is -2.16. The average molecular weight is 342 g/mol. The van der Waals surface area contributed by atoms with Gasteiger partial charge < -0.3 is 5.32 Å². The summed E-state index contributed by atoms with van der Waals surface area (Å²) in [6.45, 7) is 2.55. The van der Waals surface area contributed by atoms with E-state index in [2.05, 4.69) is 26.3 Å². The maximum Gasteiger partial charge on any atom is 0.408 e. The number of hydrogen-bond acceptors (Lipinski definition) is 3. The number of nitrogens with one attached hydrogen (secondary N) is 1. The summed E-state index contributed by atoms with van der Waals surface area (Å²) >= 11 is 3.02. The first-order valence-corrected chi connectivity index (χ1v) is 6.62. The maximum absolute atomic E-state index is 12.2. The summed E-state index contributed by atoms with van der Waals surface area (Å²) in [5, 5.41) is 6.57. The van der Waals surface area contributed by atoms with Crippen LogP contribution in [-0.4, -0.2) is 22.0 Å². The molecule has 0 fully saturated rings. The lowest BCUT2D eigenvalue weighted by atomic mass is 10.2. The number of halogens is 4. The van der Waals surface area contributed by atoms with Crippen molar-refractivity contribution in [3.8, 4) is 0 Å². The topological polar surface area (TPSA) is 46.9 Å². The number of rotatable bonds is 5. The molecule has 0 amide bonds. The molecule has 8 heteroatoms. The molecule has 0 radical (unpaired) electrons. The highest BCUT2D eigenvalue weighted by Crippen LogP contribution is 2.20. The third-order valence-electron chi connectivity index (χ3n) is 2.44. The Hall–Kier alpha value is -1.05. The lowest BCUT2D eigenvalue weighted by Crippen LogP contribution is -2.31. The molecule has 1 unspecified atom stereocenters.